The van der Waals surface area contributed by atoms with E-state index in [0.29, 0.717) is 53.7 Å². The number of imidazole rings is 1. The second kappa shape index (κ2) is 15.9. The maximum atomic E-state index is 14.4. The molecule has 2 aliphatic heterocycles. The minimum atomic E-state index is -4.61. The maximum Gasteiger partial charge on any atom is 0.296 e. The fraction of sp³-hybridized carbons (Fsp3) is 0.383. The van der Waals surface area contributed by atoms with Gasteiger partial charge in [-0.05, 0) is 116 Å². The third kappa shape index (κ3) is 7.64. The number of anilines is 3. The number of pyridine rings is 1. The summed E-state index contributed by atoms with van der Waals surface area (Å²) in [5.41, 5.74) is 7.42. The van der Waals surface area contributed by atoms with E-state index in [4.69, 9.17) is 21.3 Å². The molecule has 3 N–H and O–H groups in total. The number of piperazine rings is 1. The van der Waals surface area contributed by atoms with E-state index in [9.17, 15) is 23.3 Å². The maximum absolute atomic E-state index is 14.4. The van der Waals surface area contributed by atoms with Crippen LogP contribution >= 0.6 is 11.6 Å². The molecule has 1 amide bonds. The first-order valence-corrected chi connectivity index (χ1v) is 24.1. The number of hydrogen-bond donors (Lipinski definition) is 3. The number of sulfonamides is 1. The van der Waals surface area contributed by atoms with E-state index < -0.39 is 31.4 Å². The Morgan fingerprint density at radius 1 is 0.953 bits per heavy atom. The summed E-state index contributed by atoms with van der Waals surface area (Å²) in [6.45, 7) is 5.00. The van der Waals surface area contributed by atoms with Crippen molar-refractivity contribution in [3.63, 3.8) is 0 Å². The van der Waals surface area contributed by atoms with Crippen molar-refractivity contribution >= 4 is 77.9 Å². The fourth-order valence-corrected chi connectivity index (χ4v) is 11.3. The number of carbonyl (C=O) groups is 1. The predicted octanol–water partition coefficient (Wildman–Crippen LogP) is 8.85. The van der Waals surface area contributed by atoms with E-state index in [1.807, 2.05) is 41.3 Å². The lowest BCUT2D eigenvalue weighted by Crippen LogP contribution is -2.47. The summed E-state index contributed by atoms with van der Waals surface area (Å²) in [5, 5.41) is 13.8. The molecule has 0 radical (unpaired) electrons. The van der Waals surface area contributed by atoms with Gasteiger partial charge in [-0.15, -0.1) is 0 Å². The molecule has 11 rings (SSSR count). The van der Waals surface area contributed by atoms with Gasteiger partial charge in [0.05, 0.1) is 33.2 Å². The third-order valence-electron chi connectivity index (χ3n) is 14.0. The van der Waals surface area contributed by atoms with Gasteiger partial charge in [-0.25, -0.2) is 18.1 Å². The number of halogens is 1. The zero-order valence-corrected chi connectivity index (χ0v) is 36.8. The van der Waals surface area contributed by atoms with Gasteiger partial charge in [-0.2, -0.15) is 4.98 Å². The number of ether oxygens (including phenoxy) is 1. The molecule has 0 unspecified atom stereocenters. The van der Waals surface area contributed by atoms with Crippen molar-refractivity contribution < 1.29 is 22.9 Å². The Labute approximate surface area is 375 Å². The SMILES string of the molecule is O=C(NS(=O)(=O)c1cc([N+](=O)[O-])c2[nH]c(C3CC3)nc2c1)c1ccc(N2CCN(CC3=C(c4ccc(Cl)cc4)CC4(CCC4)CC3)CC2)cc1N1CCCOc2nc3[nH]ccc3cc21. The molecule has 3 aliphatic carbocycles. The molecule has 6 aromatic rings. The average Bonchev–Trinajstić information content (AvgIpc) is 3.94. The van der Waals surface area contributed by atoms with Gasteiger partial charge in [0.25, 0.3) is 21.6 Å². The summed E-state index contributed by atoms with van der Waals surface area (Å²) >= 11 is 6.31. The molecule has 330 valence electrons. The quantitative estimate of drug-likeness (QED) is 0.0882. The summed E-state index contributed by atoms with van der Waals surface area (Å²) in [5.74, 6) is 0.261. The monoisotopic (exact) mass is 901 g/mol. The van der Waals surface area contributed by atoms with E-state index in [-0.39, 0.29) is 22.5 Å². The smallest absolute Gasteiger partial charge is 0.296 e. The minimum absolute atomic E-state index is 0.113. The van der Waals surface area contributed by atoms with Crippen molar-refractivity contribution in [3.8, 4) is 5.88 Å². The van der Waals surface area contributed by atoms with Crippen molar-refractivity contribution in [2.75, 3.05) is 55.7 Å². The van der Waals surface area contributed by atoms with Gasteiger partial charge in [-0.3, -0.25) is 19.8 Å². The highest BCUT2D eigenvalue weighted by atomic mass is 35.5. The molecule has 0 bridgehead atoms. The first kappa shape index (κ1) is 40.8. The molecule has 64 heavy (non-hydrogen) atoms. The van der Waals surface area contributed by atoms with Crippen LogP contribution in [0.3, 0.4) is 0 Å². The summed E-state index contributed by atoms with van der Waals surface area (Å²) < 4.78 is 36.4. The summed E-state index contributed by atoms with van der Waals surface area (Å²) in [7, 11) is -4.61. The number of aromatic amines is 2. The molecule has 2 saturated carbocycles. The third-order valence-corrected chi connectivity index (χ3v) is 15.6. The van der Waals surface area contributed by atoms with Crippen molar-refractivity contribution in [2.24, 2.45) is 5.41 Å². The number of amides is 1. The van der Waals surface area contributed by atoms with Gasteiger partial charge in [0, 0.05) is 73.5 Å². The lowest BCUT2D eigenvalue weighted by molar-refractivity contribution is -0.383. The first-order valence-electron chi connectivity index (χ1n) is 22.2. The van der Waals surface area contributed by atoms with Crippen molar-refractivity contribution in [3.05, 3.63) is 111 Å². The number of aromatic nitrogens is 4. The van der Waals surface area contributed by atoms with Crippen LogP contribution in [0.25, 0.3) is 27.6 Å². The molecule has 3 aromatic heterocycles. The number of non-ortho nitro benzene ring substituents is 1. The minimum Gasteiger partial charge on any atom is -0.476 e. The van der Waals surface area contributed by atoms with Crippen LogP contribution in [-0.4, -0.2) is 90.0 Å². The van der Waals surface area contributed by atoms with Crippen LogP contribution in [-0.2, 0) is 10.0 Å². The molecule has 17 heteroatoms. The second-order valence-corrected chi connectivity index (χ2v) is 20.2. The number of fused-ring (bicyclic) bond motifs is 3. The normalized spacial score (nSPS) is 19.1. The molecule has 0 atom stereocenters. The van der Waals surface area contributed by atoms with Gasteiger partial charge in [0.1, 0.15) is 22.7 Å². The number of nitro groups is 1. The van der Waals surface area contributed by atoms with Crippen LogP contribution in [0.5, 0.6) is 5.88 Å². The average molecular weight is 902 g/mol. The standard InChI is InChI=1S/C47H48ClN9O6S/c48-33-7-5-29(6-8-33)37-27-47(13-1-14-47)15-11-32(37)28-54-18-20-55(21-19-54)34-9-10-36(39(24-34)56-17-2-22-63-46-41(56)23-31-12-16-49-43(31)52-46)45(58)53-64(61,62)35-25-38-42(40(26-35)57(59)60)51-44(50-38)30-3-4-30/h5-10,12,16,23-26,30H,1-4,11,13-15,17-22,27-28H2,(H,49,52)(H,50,51)(H,53,58). The predicted molar refractivity (Wildman–Crippen MR) is 246 cm³/mol. The molecule has 3 fully saturated rings. The van der Waals surface area contributed by atoms with Gasteiger partial charge < -0.3 is 24.5 Å². The van der Waals surface area contributed by atoms with E-state index in [1.165, 1.54) is 48.5 Å². The van der Waals surface area contributed by atoms with Crippen LogP contribution in [0.2, 0.25) is 5.02 Å². The number of carbonyl (C=O) groups excluding carboxylic acids is 1. The Morgan fingerprint density at radius 2 is 1.77 bits per heavy atom. The first-order chi connectivity index (χ1) is 31.0. The molecule has 1 saturated heterocycles. The highest BCUT2D eigenvalue weighted by Gasteiger charge is 2.41. The van der Waals surface area contributed by atoms with Gasteiger partial charge in [0.2, 0.25) is 5.88 Å². The van der Waals surface area contributed by atoms with Gasteiger partial charge in [-0.1, -0.05) is 35.7 Å². The molecule has 3 aromatic carbocycles. The zero-order valence-electron chi connectivity index (χ0n) is 35.2. The largest absolute Gasteiger partial charge is 0.476 e. The molecule has 5 aliphatic rings. The van der Waals surface area contributed by atoms with E-state index in [2.05, 4.69) is 41.6 Å². The Kier molecular flexibility index (Phi) is 10.1. The number of H-pyrrole nitrogens is 2. The molecule has 15 nitrogen and oxygen atoms in total. The molecular weight excluding hydrogens is 854 g/mol. The summed E-state index contributed by atoms with van der Waals surface area (Å²) in [4.78, 5) is 47.8. The number of nitrogens with one attached hydrogen (secondary N) is 3. The number of nitro benzene ring substituents is 1. The van der Waals surface area contributed by atoms with Crippen LogP contribution < -0.4 is 19.3 Å². The van der Waals surface area contributed by atoms with Crippen molar-refractivity contribution in [1.82, 2.24) is 29.6 Å². The Bertz CT molecular complexity index is 2990. The summed E-state index contributed by atoms with van der Waals surface area (Å²) in [6.07, 6.45) is 11.6. The van der Waals surface area contributed by atoms with E-state index in [1.54, 1.807) is 12.3 Å². The van der Waals surface area contributed by atoms with Gasteiger partial charge in [0.15, 0.2) is 0 Å². The number of nitrogens with zero attached hydrogens (tertiary/aromatic N) is 6. The van der Waals surface area contributed by atoms with E-state index in [0.717, 1.165) is 80.6 Å². The Morgan fingerprint density at radius 3 is 2.52 bits per heavy atom. The topological polar surface area (TPSA) is 183 Å². The van der Waals surface area contributed by atoms with E-state index >= 15 is 0 Å². The number of allylic oxidation sites excluding steroid dienone is 1. The lowest BCUT2D eigenvalue weighted by atomic mass is 9.59. The zero-order chi connectivity index (χ0) is 43.7. The lowest BCUT2D eigenvalue weighted by Gasteiger charge is -2.47. The van der Waals surface area contributed by atoms with Crippen molar-refractivity contribution in [1.29, 1.82) is 0 Å². The highest BCUT2D eigenvalue weighted by Crippen LogP contribution is 2.55. The van der Waals surface area contributed by atoms with Crippen LogP contribution in [0.15, 0.2) is 83.4 Å². The van der Waals surface area contributed by atoms with Crippen LogP contribution in [0.4, 0.5) is 22.7 Å². The second-order valence-electron chi connectivity index (χ2n) is 18.1. The Hall–Kier alpha value is -5.97. The highest BCUT2D eigenvalue weighted by molar-refractivity contribution is 7.90. The number of hydrogen-bond acceptors (Lipinski definition) is 11. The number of rotatable bonds is 10. The Balaban J connectivity index is 0.895. The summed E-state index contributed by atoms with van der Waals surface area (Å²) in [6, 6.07) is 19.9. The van der Waals surface area contributed by atoms with Gasteiger partial charge >= 0.3 is 0 Å². The number of benzene rings is 3. The fourth-order valence-electron chi connectivity index (χ4n) is 10.1. The van der Waals surface area contributed by atoms with Crippen LogP contribution in [0.1, 0.15) is 85.5 Å². The molecule has 5 heterocycles. The van der Waals surface area contributed by atoms with Crippen LogP contribution in [0, 0.1) is 15.5 Å². The molecular formula is C47H48ClN9O6S. The molecule has 1 spiro atoms. The van der Waals surface area contributed by atoms with Crippen molar-refractivity contribution in [2.45, 2.75) is 68.6 Å².